The van der Waals surface area contributed by atoms with Gasteiger partial charge in [0, 0.05) is 10.5 Å². The second-order valence-electron chi connectivity index (χ2n) is 10.5. The number of alkyl halides is 1. The van der Waals surface area contributed by atoms with Gasteiger partial charge in [0.2, 0.25) is 0 Å². The predicted molar refractivity (Wildman–Crippen MR) is 136 cm³/mol. The molecule has 2 aromatic rings. The number of halogens is 1. The molecule has 0 radical (unpaired) electrons. The molecule has 5 rings (SSSR count). The second-order valence-corrected chi connectivity index (χ2v) is 11.6. The fraction of sp³-hybridized carbons (Fsp3) is 0.464. The number of fused-ring (bicyclic) bond motifs is 1. The van der Waals surface area contributed by atoms with Gasteiger partial charge in [-0.2, -0.15) is 0 Å². The van der Waals surface area contributed by atoms with E-state index in [1.807, 2.05) is 47.4 Å². The topological polar surface area (TPSA) is 38.8 Å². The zero-order valence-electron chi connectivity index (χ0n) is 19.7. The maximum absolute atomic E-state index is 13.4. The average Bonchev–Trinajstić information content (AvgIpc) is 3.33. The van der Waals surface area contributed by atoms with Crippen molar-refractivity contribution in [2.75, 3.05) is 12.0 Å². The number of benzene rings is 2. The highest BCUT2D eigenvalue weighted by Crippen LogP contribution is 2.68. The standard InChI is InChI=1S/C28H32BrNO3/c1-27(2)21-16-24(29)28(3,17-22(21)27)33-25-23(15-10-18-8-6-5-7-9-18)30(26(25)31)19-11-13-20(32-4)14-12-19/h5-15,21-25H,16-17H2,1-4H3/b15-10+/t21-,22+,23-,24-,25+,28-/m1/s1. The van der Waals surface area contributed by atoms with Crippen molar-refractivity contribution in [1.82, 2.24) is 0 Å². The van der Waals surface area contributed by atoms with E-state index in [9.17, 15) is 4.79 Å². The second kappa shape index (κ2) is 8.28. The van der Waals surface area contributed by atoms with Gasteiger partial charge in [0.1, 0.15) is 5.75 Å². The molecule has 0 bridgehead atoms. The Balaban J connectivity index is 1.40. The Morgan fingerprint density at radius 3 is 2.39 bits per heavy atom. The lowest BCUT2D eigenvalue weighted by atomic mass is 9.84. The first-order valence-corrected chi connectivity index (χ1v) is 12.7. The van der Waals surface area contributed by atoms with Gasteiger partial charge in [-0.3, -0.25) is 9.69 Å². The van der Waals surface area contributed by atoms with Crippen molar-refractivity contribution in [1.29, 1.82) is 0 Å². The lowest BCUT2D eigenvalue weighted by Crippen LogP contribution is -2.68. The normalized spacial score (nSPS) is 34.6. The Morgan fingerprint density at radius 1 is 1.03 bits per heavy atom. The Morgan fingerprint density at radius 2 is 1.73 bits per heavy atom. The fourth-order valence-corrected chi connectivity index (χ4v) is 6.48. The molecule has 4 nitrogen and oxygen atoms in total. The molecule has 174 valence electrons. The highest BCUT2D eigenvalue weighted by molar-refractivity contribution is 9.09. The first-order chi connectivity index (χ1) is 15.7. The van der Waals surface area contributed by atoms with Crippen LogP contribution < -0.4 is 9.64 Å². The Bertz CT molecular complexity index is 1050. The SMILES string of the molecule is COc1ccc(N2C(=O)[C@@H](O[C@]3(C)C[C@H]4[C@@H](C[C@H]3Br)C4(C)C)[C@H]2/C=C/c2ccccc2)cc1. The maximum atomic E-state index is 13.4. The molecule has 6 atom stereocenters. The Labute approximate surface area is 205 Å². The van der Waals surface area contributed by atoms with Gasteiger partial charge in [-0.15, -0.1) is 0 Å². The van der Waals surface area contributed by atoms with Gasteiger partial charge in [-0.25, -0.2) is 0 Å². The summed E-state index contributed by atoms with van der Waals surface area (Å²) in [6.07, 6.45) is 5.78. The number of methoxy groups -OCH3 is 1. The summed E-state index contributed by atoms with van der Waals surface area (Å²) in [5.74, 6) is 2.21. The number of β-lactam (4-membered cyclic amide) rings is 1. The molecule has 3 aliphatic rings. The highest BCUT2D eigenvalue weighted by Gasteiger charge is 2.65. The monoisotopic (exact) mass is 509 g/mol. The van der Waals surface area contributed by atoms with Crippen LogP contribution in [0.1, 0.15) is 39.2 Å². The van der Waals surface area contributed by atoms with E-state index in [1.54, 1.807) is 7.11 Å². The third kappa shape index (κ3) is 3.93. The van der Waals surface area contributed by atoms with Crippen LogP contribution in [0.2, 0.25) is 0 Å². The molecule has 1 amide bonds. The molecule has 2 aliphatic carbocycles. The van der Waals surface area contributed by atoms with E-state index < -0.39 is 6.10 Å². The smallest absolute Gasteiger partial charge is 0.259 e. The Kier molecular flexibility index (Phi) is 5.69. The van der Waals surface area contributed by atoms with Gasteiger partial charge in [0.05, 0.1) is 18.8 Å². The summed E-state index contributed by atoms with van der Waals surface area (Å²) in [6.45, 7) is 6.90. The van der Waals surface area contributed by atoms with Gasteiger partial charge in [0.15, 0.2) is 6.10 Å². The number of anilines is 1. The molecule has 0 N–H and O–H groups in total. The molecule has 33 heavy (non-hydrogen) atoms. The van der Waals surface area contributed by atoms with Crippen LogP contribution >= 0.6 is 15.9 Å². The molecule has 2 saturated carbocycles. The third-order valence-corrected chi connectivity index (χ3v) is 9.50. The summed E-state index contributed by atoms with van der Waals surface area (Å²) < 4.78 is 12.0. The first kappa shape index (κ1) is 22.7. The molecule has 0 spiro atoms. The molecular formula is C28H32BrNO3. The average molecular weight is 510 g/mol. The van der Waals surface area contributed by atoms with Crippen LogP contribution in [0.3, 0.4) is 0 Å². The number of nitrogens with zero attached hydrogens (tertiary/aromatic N) is 1. The highest BCUT2D eigenvalue weighted by atomic mass is 79.9. The van der Waals surface area contributed by atoms with Crippen molar-refractivity contribution in [3.63, 3.8) is 0 Å². The van der Waals surface area contributed by atoms with E-state index in [2.05, 4.69) is 61.0 Å². The van der Waals surface area contributed by atoms with Crippen LogP contribution in [0.15, 0.2) is 60.7 Å². The predicted octanol–water partition coefficient (Wildman–Crippen LogP) is 6.10. The summed E-state index contributed by atoms with van der Waals surface area (Å²) in [5.41, 5.74) is 1.98. The van der Waals surface area contributed by atoms with Crippen molar-refractivity contribution < 1.29 is 14.3 Å². The molecule has 1 saturated heterocycles. The van der Waals surface area contributed by atoms with Gasteiger partial charge >= 0.3 is 0 Å². The van der Waals surface area contributed by atoms with E-state index in [4.69, 9.17) is 9.47 Å². The zero-order valence-corrected chi connectivity index (χ0v) is 21.3. The molecule has 1 heterocycles. The summed E-state index contributed by atoms with van der Waals surface area (Å²) in [7, 11) is 1.65. The van der Waals surface area contributed by atoms with Crippen LogP contribution in [0.25, 0.3) is 6.08 Å². The fourth-order valence-electron chi connectivity index (χ4n) is 5.79. The number of ether oxygens (including phenoxy) is 2. The minimum absolute atomic E-state index is 0.0148. The van der Waals surface area contributed by atoms with Crippen molar-refractivity contribution in [2.45, 2.75) is 56.2 Å². The first-order valence-electron chi connectivity index (χ1n) is 11.8. The van der Waals surface area contributed by atoms with Crippen LogP contribution in [0.5, 0.6) is 5.75 Å². The number of carbonyl (C=O) groups is 1. The largest absolute Gasteiger partial charge is 0.497 e. The van der Waals surface area contributed by atoms with Crippen molar-refractivity contribution in [3.8, 4) is 5.75 Å². The summed E-state index contributed by atoms with van der Waals surface area (Å²) in [6, 6.07) is 17.7. The third-order valence-electron chi connectivity index (χ3n) is 8.16. The van der Waals surface area contributed by atoms with Crippen molar-refractivity contribution in [2.24, 2.45) is 17.3 Å². The van der Waals surface area contributed by atoms with Crippen LogP contribution in [-0.4, -0.2) is 35.6 Å². The lowest BCUT2D eigenvalue weighted by Gasteiger charge is -2.50. The number of amides is 1. The summed E-state index contributed by atoms with van der Waals surface area (Å²) in [4.78, 5) is 15.5. The summed E-state index contributed by atoms with van der Waals surface area (Å²) >= 11 is 3.92. The zero-order chi connectivity index (χ0) is 23.4. The van der Waals surface area contributed by atoms with Crippen LogP contribution in [0.4, 0.5) is 5.69 Å². The van der Waals surface area contributed by atoms with Crippen LogP contribution in [0, 0.1) is 17.3 Å². The van der Waals surface area contributed by atoms with E-state index in [-0.39, 0.29) is 22.4 Å². The van der Waals surface area contributed by atoms with E-state index >= 15 is 0 Å². The van der Waals surface area contributed by atoms with E-state index in [1.165, 1.54) is 0 Å². The quantitative estimate of drug-likeness (QED) is 0.349. The molecular weight excluding hydrogens is 478 g/mol. The van der Waals surface area contributed by atoms with Gasteiger partial charge in [-0.05, 0) is 66.8 Å². The number of hydrogen-bond donors (Lipinski definition) is 0. The minimum Gasteiger partial charge on any atom is -0.497 e. The molecule has 5 heteroatoms. The summed E-state index contributed by atoms with van der Waals surface area (Å²) in [5, 5.41) is 0. The van der Waals surface area contributed by atoms with Gasteiger partial charge in [0.25, 0.3) is 5.91 Å². The number of hydrogen-bond acceptors (Lipinski definition) is 3. The minimum atomic E-state index is -0.490. The van der Waals surface area contributed by atoms with E-state index in [0.29, 0.717) is 11.3 Å². The van der Waals surface area contributed by atoms with Crippen LogP contribution in [-0.2, 0) is 9.53 Å². The van der Waals surface area contributed by atoms with Gasteiger partial charge in [-0.1, -0.05) is 72.3 Å². The van der Waals surface area contributed by atoms with E-state index in [0.717, 1.165) is 35.8 Å². The van der Waals surface area contributed by atoms with Gasteiger partial charge < -0.3 is 9.47 Å². The lowest BCUT2D eigenvalue weighted by molar-refractivity contribution is -0.160. The maximum Gasteiger partial charge on any atom is 0.259 e. The molecule has 1 aliphatic heterocycles. The van der Waals surface area contributed by atoms with Crippen molar-refractivity contribution in [3.05, 3.63) is 66.2 Å². The molecule has 0 aromatic heterocycles. The number of carbonyl (C=O) groups excluding carboxylic acids is 1. The number of rotatable bonds is 6. The van der Waals surface area contributed by atoms with Crippen molar-refractivity contribution >= 4 is 33.6 Å². The Hall–Kier alpha value is -2.11. The molecule has 0 unspecified atom stereocenters. The molecule has 3 fully saturated rings. The molecule has 2 aromatic carbocycles.